The smallest absolute Gasteiger partial charge is 0.391 e. The van der Waals surface area contributed by atoms with Crippen molar-refractivity contribution < 1.29 is 117 Å². The molecule has 0 saturated heterocycles. The van der Waals surface area contributed by atoms with E-state index in [1.807, 2.05) is 106 Å². The van der Waals surface area contributed by atoms with Crippen molar-refractivity contribution >= 4 is 48.8 Å². The topological polar surface area (TPSA) is 103 Å². The number of unbranched alkanes of at least 4 members (excludes halogenated alkanes) is 3. The molecule has 920 valence electrons. The van der Waals surface area contributed by atoms with Crippen molar-refractivity contribution in [1.82, 2.24) is 0 Å². The summed E-state index contributed by atoms with van der Waals surface area (Å²) in [7, 11) is 3.39. The van der Waals surface area contributed by atoms with Gasteiger partial charge in [0.05, 0.1) is 32.8 Å². The Balaban J connectivity index is -0.0000000334. The van der Waals surface area contributed by atoms with Crippen molar-refractivity contribution in [1.29, 1.82) is 5.26 Å². The third-order valence-electron chi connectivity index (χ3n) is 12.4. The molecule has 0 aliphatic heterocycles. The van der Waals surface area contributed by atoms with Gasteiger partial charge in [0.25, 0.3) is 0 Å². The van der Waals surface area contributed by atoms with Crippen molar-refractivity contribution in [2.24, 2.45) is 64.6 Å². The molecule has 0 heterocycles. The van der Waals surface area contributed by atoms with Crippen LogP contribution in [-0.2, 0) is 9.47 Å². The largest absolute Gasteiger partial charge is 0.397 e. The van der Waals surface area contributed by atoms with Crippen molar-refractivity contribution in [3.05, 3.63) is 0 Å². The Morgan fingerprint density at radius 3 is 0.708 bits per heavy atom. The van der Waals surface area contributed by atoms with Gasteiger partial charge in [0.15, 0.2) is 0 Å². The summed E-state index contributed by atoms with van der Waals surface area (Å²) >= 11 is 11.5. The van der Waals surface area contributed by atoms with Gasteiger partial charge in [-0.2, -0.15) is 93.6 Å². The predicted octanol–water partition coefficient (Wildman–Crippen LogP) is 46.9. The molecule has 0 spiro atoms. The Labute approximate surface area is 910 Å². The van der Waals surface area contributed by atoms with E-state index >= 15 is 0 Å². The standard InChI is InChI=1S/C5H10F2.C5H11F.C5H10.4C5H12.2C4H7F3.2C4H8F2.2C4H9F.C4H7N.C4H10O.C4H10S.2C4H10.C3H5F3.C3H6F2.C3H7F.3C3H8O.2C3H8S.C3H8.C2H6O.C2H6S.C2H6.CH4/c1-3-4(2)5(6)7;1-3-5(2)4-6;1-2-5-3-4-5;1-5(2,3)4;3*1-4-5(2)3;1-3(2)4(5,6)7;1-2-3-4(5,6)7;1-3(2)4(5)6;1-2-3-4(5)6;1-4(2)3-5;2*1-2-3-4-5;2*1-3-4-5-2;1-4(2)3;1-3-4-2;1-2-3(4,5)6;1-2-3(4)5;1-2-3-4;1-3-4-2;1-3(2)4;1-2-3-4;1-3-4-2;1-2-3-4;1-3-2;2*1-2-3;1-2;/h4-5H,3H2,1-2H3;5H,3-4H2,1-2H3;5H,2-4H2,1H3;1-4H3;3*5H,4H2,1-3H3;3H,1-2H3;2-3H2,1H3;3-4H,1-2H3;4H,2-3H2,1H3;4H,3H2,1-2H3;2-4H2,1H3;2-3H2,1H3;2*3-4H2,1-2H3;4H,1-3H3;3-4H2,1-2H3;2H2,1H3;3H,2H2,1H3;2-3H2,1H3;3H2,1-2H3;3-4H,1-2H3;4H,2-3H2,1H3;3H2,1-2H3;4H,2-3H2,1H3;3H2,1-2H3;2*3H,2H2,1H3;1-2H3;1H4. The summed E-state index contributed by atoms with van der Waals surface area (Å²) in [5.74, 6) is 7.49. The van der Waals surface area contributed by atoms with Crippen LogP contribution >= 0.6 is 48.8 Å². The van der Waals surface area contributed by atoms with Gasteiger partial charge < -0.3 is 24.8 Å². The first-order chi connectivity index (χ1) is 65.6. The summed E-state index contributed by atoms with van der Waals surface area (Å²) < 4.78 is 241. The molecular weight excluding hydrogens is 1980 g/mol. The lowest BCUT2D eigenvalue weighted by Crippen LogP contribution is -2.15. The molecule has 6 nitrogen and oxygen atoms in total. The van der Waals surface area contributed by atoms with Crippen LogP contribution in [0.2, 0.25) is 0 Å². The normalized spacial score (nSPS) is 10.1. The van der Waals surface area contributed by atoms with Crippen LogP contribution < -0.4 is 0 Å². The number of methoxy groups -OCH3 is 2. The van der Waals surface area contributed by atoms with Crippen LogP contribution in [0.3, 0.4) is 0 Å². The minimum Gasteiger partial charge on any atom is -0.397 e. The van der Waals surface area contributed by atoms with Gasteiger partial charge in [-0.15, -0.1) is 0 Å². The first kappa shape index (κ1) is 226. The highest BCUT2D eigenvalue weighted by Crippen LogP contribution is 2.31. The molecule has 2 atom stereocenters. The summed E-state index contributed by atoms with van der Waals surface area (Å²) in [5, 5.41) is 31.3. The molecule has 0 radical (unpaired) electrons. The first-order valence-electron chi connectivity index (χ1n) is 53.6. The monoisotopic (exact) mass is 2240 g/mol. The molecule has 3 N–H and O–H groups in total. The fourth-order valence-corrected chi connectivity index (χ4v) is 2.38. The molecule has 1 aliphatic rings. The molecule has 0 amide bonds. The average Bonchev–Trinajstić information content (AvgIpc) is 1.85. The van der Waals surface area contributed by atoms with Gasteiger partial charge in [0.2, 0.25) is 25.7 Å². The lowest BCUT2D eigenvalue weighted by Gasteiger charge is -2.07. The fourth-order valence-electron chi connectivity index (χ4n) is 1.97. The second-order valence-corrected chi connectivity index (χ2v) is 38.4. The number of thiol groups is 2. The van der Waals surface area contributed by atoms with Gasteiger partial charge in [0, 0.05) is 96.6 Å². The van der Waals surface area contributed by atoms with Crippen molar-refractivity contribution in [3.8, 4) is 6.07 Å². The number of nitrogens with zero attached hydrogens (tertiary/aromatic N) is 1. The summed E-state index contributed by atoms with van der Waals surface area (Å²) in [6.45, 7) is 98.8. The summed E-state index contributed by atoms with van der Waals surface area (Å²) in [5.41, 5.74) is 0.500. The number of thioether (sulfide) groups is 2. The van der Waals surface area contributed by atoms with Gasteiger partial charge in [0.1, 0.15) is 0 Å². The van der Waals surface area contributed by atoms with Crippen molar-refractivity contribution in [3.63, 3.8) is 0 Å². The van der Waals surface area contributed by atoms with Crippen LogP contribution in [0.25, 0.3) is 0 Å². The Hall–Kier alpha value is -0.780. The molecule has 0 aromatic heterocycles. The lowest BCUT2D eigenvalue weighted by atomic mass is 10.0. The fraction of sp³-hybridized carbons (Fsp3) is 0.991. The van der Waals surface area contributed by atoms with Crippen molar-refractivity contribution in [2.75, 3.05) is 103 Å². The summed E-state index contributed by atoms with van der Waals surface area (Å²) in [6.07, 6.45) is 5.31. The zero-order chi connectivity index (χ0) is 122. The molecule has 144 heavy (non-hydrogen) atoms. The number of nitriles is 1. The quantitative estimate of drug-likeness (QED) is 0.0410. The van der Waals surface area contributed by atoms with Crippen LogP contribution in [0, 0.1) is 75.9 Å². The van der Waals surface area contributed by atoms with E-state index in [0.717, 1.165) is 114 Å². The number of ether oxygens (including phenoxy) is 2. The summed E-state index contributed by atoms with van der Waals surface area (Å²) in [4.78, 5) is 0. The van der Waals surface area contributed by atoms with Gasteiger partial charge >= 0.3 is 18.5 Å². The number of aliphatic hydroxyl groups excluding tert-OH is 3. The third-order valence-corrected chi connectivity index (χ3v) is 14.2. The lowest BCUT2D eigenvalue weighted by molar-refractivity contribution is -0.164. The maximum absolute atomic E-state index is 11.4. The SMILES string of the molecule is C.CC.CC(C)(C)C.CC(C)C.CC(C)C(F)(F)F.CC(C)C(F)F.CC(C)CF.CC(C)O.CCC.CCC(C)C.CCC(C)C.CCC(C)C.CCC(C)C(F)F.CCC(C)CF.CCC(F)(F)F.CCC(F)F.CCC1CC1.CCCC.CCCC#N.CCCC(F)(F)F.CCCC(F)F.CCCCF.CCCF.CCCO.CCCOC.CCCS.CCCSC.CCO.CCOC.CCS.CCSC. The number of halogens is 21. The van der Waals surface area contributed by atoms with Crippen LogP contribution in [0.4, 0.5) is 92.2 Å². The van der Waals surface area contributed by atoms with E-state index in [-0.39, 0.29) is 77.9 Å². The van der Waals surface area contributed by atoms with Gasteiger partial charge in [-0.25, -0.2) is 35.1 Å². The van der Waals surface area contributed by atoms with Crippen LogP contribution in [0.1, 0.15) is 521 Å². The minimum atomic E-state index is -4.00. The zero-order valence-corrected chi connectivity index (χ0v) is 108. The molecular formula is C113H262F21NO5S4. The number of alkyl halides is 21. The number of hydrogen-bond acceptors (Lipinski definition) is 10. The highest BCUT2D eigenvalue weighted by atomic mass is 32.2. The van der Waals surface area contributed by atoms with Crippen LogP contribution in [0.15, 0.2) is 0 Å². The van der Waals surface area contributed by atoms with Crippen molar-refractivity contribution in [2.45, 2.75) is 571 Å². The third kappa shape index (κ3) is 819. The molecule has 2 unspecified atom stereocenters. The second-order valence-electron chi connectivity index (χ2n) is 35.2. The maximum atomic E-state index is 11.4. The second kappa shape index (κ2) is 229. The van der Waals surface area contributed by atoms with Crippen LogP contribution in [-0.4, -0.2) is 169 Å². The molecule has 1 saturated carbocycles. The molecule has 0 aromatic rings. The Bertz CT molecular complexity index is 1540. The molecule has 1 rings (SSSR count). The van der Waals surface area contributed by atoms with E-state index in [4.69, 9.17) is 25.3 Å². The van der Waals surface area contributed by atoms with E-state index in [1.165, 1.54) is 110 Å². The Morgan fingerprint density at radius 1 is 0.438 bits per heavy atom. The Morgan fingerprint density at radius 2 is 0.708 bits per heavy atom. The molecule has 0 aromatic carbocycles. The highest BCUT2D eigenvalue weighted by molar-refractivity contribution is 7.98. The highest BCUT2D eigenvalue weighted by Gasteiger charge is 2.31. The molecule has 1 fully saturated rings. The van der Waals surface area contributed by atoms with E-state index in [2.05, 4.69) is 216 Å². The Kier molecular flexibility index (Phi) is 360. The van der Waals surface area contributed by atoms with E-state index in [9.17, 15) is 92.2 Å². The van der Waals surface area contributed by atoms with Crippen LogP contribution in [0.5, 0.6) is 0 Å². The van der Waals surface area contributed by atoms with E-state index in [1.54, 1.807) is 62.7 Å². The first-order valence-corrected chi connectivity index (χ1v) is 57.7. The molecule has 0 bridgehead atoms. The van der Waals surface area contributed by atoms with Gasteiger partial charge in [-0.3, -0.25) is 17.6 Å². The molecule has 1 aliphatic carbocycles. The van der Waals surface area contributed by atoms with Gasteiger partial charge in [-0.05, 0) is 168 Å². The van der Waals surface area contributed by atoms with E-state index < -0.39 is 74.8 Å². The van der Waals surface area contributed by atoms with E-state index in [0.29, 0.717) is 37.7 Å². The molecule has 31 heteroatoms. The number of hydrogen-bond donors (Lipinski definition) is 5. The minimum absolute atomic E-state index is 0. The predicted molar refractivity (Wildman–Crippen MR) is 628 cm³/mol. The van der Waals surface area contributed by atoms with Gasteiger partial charge in [-0.1, -0.05) is 403 Å². The average molecular weight is 2240 g/mol. The summed E-state index contributed by atoms with van der Waals surface area (Å²) in [6, 6.07) is 2.02. The zero-order valence-electron chi connectivity index (χ0n) is 104. The number of rotatable bonds is 27. The number of aliphatic hydroxyl groups is 3. The maximum Gasteiger partial charge on any atom is 0.391 e.